The third-order valence-corrected chi connectivity index (χ3v) is 4.52. The molecule has 0 aliphatic carbocycles. The highest BCUT2D eigenvalue weighted by molar-refractivity contribution is 7.98. The lowest BCUT2D eigenvalue weighted by Gasteiger charge is -2.06. The fourth-order valence-electron chi connectivity index (χ4n) is 2.44. The van der Waals surface area contributed by atoms with Crippen LogP contribution < -0.4 is 5.73 Å². The van der Waals surface area contributed by atoms with Crippen molar-refractivity contribution in [1.29, 1.82) is 0 Å². The summed E-state index contributed by atoms with van der Waals surface area (Å²) in [5.74, 6) is 1.82. The van der Waals surface area contributed by atoms with Crippen LogP contribution in [0.5, 0.6) is 0 Å². The van der Waals surface area contributed by atoms with Crippen molar-refractivity contribution < 1.29 is 0 Å². The van der Waals surface area contributed by atoms with Crippen molar-refractivity contribution in [2.24, 2.45) is 0 Å². The van der Waals surface area contributed by atoms with Crippen LogP contribution in [-0.4, -0.2) is 19.9 Å². The lowest BCUT2D eigenvalue weighted by atomic mass is 10.2. The lowest BCUT2D eigenvalue weighted by Crippen LogP contribution is -2.00. The Hall–Kier alpha value is -2.73. The van der Waals surface area contributed by atoms with Gasteiger partial charge in [0.25, 0.3) is 0 Å². The maximum Gasteiger partial charge on any atom is 0.141 e. The predicted octanol–water partition coefficient (Wildman–Crippen LogP) is 3.45. The van der Waals surface area contributed by atoms with Crippen LogP contribution in [0, 0.1) is 0 Å². The van der Waals surface area contributed by atoms with E-state index in [1.54, 1.807) is 18.1 Å². The first kappa shape index (κ1) is 13.9. The minimum atomic E-state index is 0.513. The average molecular weight is 319 g/mol. The average Bonchev–Trinajstić information content (AvgIpc) is 2.60. The Labute approximate surface area is 137 Å². The standard InChI is InChI=1S/C17H13N5S/c18-16-11-5-1-4-8-14(11)21-15(22-16)9-23-17-12-6-2-3-7-13(12)19-10-20-17/h1-8,10H,9H2,(H2,18,21,22). The summed E-state index contributed by atoms with van der Waals surface area (Å²) in [5.41, 5.74) is 7.83. The van der Waals surface area contributed by atoms with Crippen LogP contribution in [0.4, 0.5) is 5.82 Å². The van der Waals surface area contributed by atoms with Crippen LogP contribution in [0.15, 0.2) is 59.9 Å². The number of aromatic nitrogens is 4. The van der Waals surface area contributed by atoms with Crippen LogP contribution >= 0.6 is 11.8 Å². The Balaban J connectivity index is 1.66. The van der Waals surface area contributed by atoms with Gasteiger partial charge in [0.15, 0.2) is 0 Å². The Bertz CT molecular complexity index is 997. The minimum absolute atomic E-state index is 0.513. The third-order valence-electron chi connectivity index (χ3n) is 3.52. The molecule has 2 heterocycles. The summed E-state index contributed by atoms with van der Waals surface area (Å²) >= 11 is 1.59. The van der Waals surface area contributed by atoms with Crippen LogP contribution in [0.2, 0.25) is 0 Å². The molecule has 0 aliphatic heterocycles. The topological polar surface area (TPSA) is 77.6 Å². The normalized spacial score (nSPS) is 11.1. The monoisotopic (exact) mass is 319 g/mol. The van der Waals surface area contributed by atoms with Crippen molar-refractivity contribution in [3.63, 3.8) is 0 Å². The first-order valence-electron chi connectivity index (χ1n) is 7.15. The van der Waals surface area contributed by atoms with E-state index in [1.807, 2.05) is 48.5 Å². The molecule has 2 N–H and O–H groups in total. The lowest BCUT2D eigenvalue weighted by molar-refractivity contribution is 1.06. The summed E-state index contributed by atoms with van der Waals surface area (Å²) in [5, 5.41) is 2.84. The van der Waals surface area contributed by atoms with Gasteiger partial charge in [-0.25, -0.2) is 19.9 Å². The van der Waals surface area contributed by atoms with E-state index < -0.39 is 0 Å². The number of nitrogens with zero attached hydrogens (tertiary/aromatic N) is 4. The highest BCUT2D eigenvalue weighted by atomic mass is 32.2. The Morgan fingerprint density at radius 3 is 2.43 bits per heavy atom. The van der Waals surface area contributed by atoms with Gasteiger partial charge in [-0.2, -0.15) is 0 Å². The third kappa shape index (κ3) is 2.68. The number of anilines is 1. The highest BCUT2D eigenvalue weighted by Gasteiger charge is 2.08. The van der Waals surface area contributed by atoms with E-state index >= 15 is 0 Å². The van der Waals surface area contributed by atoms with Gasteiger partial charge in [0.05, 0.1) is 16.8 Å². The highest BCUT2D eigenvalue weighted by Crippen LogP contribution is 2.27. The van der Waals surface area contributed by atoms with Gasteiger partial charge in [0, 0.05) is 10.8 Å². The molecule has 0 saturated heterocycles. The maximum absolute atomic E-state index is 6.03. The summed E-state index contributed by atoms with van der Waals surface area (Å²) in [6, 6.07) is 15.7. The molecule has 0 spiro atoms. The van der Waals surface area contributed by atoms with E-state index in [0.29, 0.717) is 17.4 Å². The van der Waals surface area contributed by atoms with Crippen molar-refractivity contribution in [3.05, 3.63) is 60.7 Å². The summed E-state index contributed by atoms with van der Waals surface area (Å²) in [6.45, 7) is 0. The first-order chi connectivity index (χ1) is 11.3. The van der Waals surface area contributed by atoms with Gasteiger partial charge < -0.3 is 5.73 Å². The number of hydrogen-bond acceptors (Lipinski definition) is 6. The summed E-state index contributed by atoms with van der Waals surface area (Å²) in [4.78, 5) is 17.6. The quantitative estimate of drug-likeness (QED) is 0.460. The molecular formula is C17H13N5S. The molecule has 0 radical (unpaired) electrons. The molecule has 4 rings (SSSR count). The zero-order valence-electron chi connectivity index (χ0n) is 12.2. The second kappa shape index (κ2) is 5.81. The van der Waals surface area contributed by atoms with Crippen molar-refractivity contribution in [3.8, 4) is 0 Å². The second-order valence-electron chi connectivity index (χ2n) is 5.03. The maximum atomic E-state index is 6.03. The summed E-state index contributed by atoms with van der Waals surface area (Å²) in [7, 11) is 0. The van der Waals surface area contributed by atoms with Crippen molar-refractivity contribution >= 4 is 39.4 Å². The van der Waals surface area contributed by atoms with E-state index in [9.17, 15) is 0 Å². The molecule has 6 heteroatoms. The molecule has 2 aromatic heterocycles. The fraction of sp³-hybridized carbons (Fsp3) is 0.0588. The molecule has 0 atom stereocenters. The second-order valence-corrected chi connectivity index (χ2v) is 5.99. The molecular weight excluding hydrogens is 306 g/mol. The number of fused-ring (bicyclic) bond motifs is 2. The predicted molar refractivity (Wildman–Crippen MR) is 93.0 cm³/mol. The van der Waals surface area contributed by atoms with Gasteiger partial charge in [-0.05, 0) is 18.2 Å². The van der Waals surface area contributed by atoms with Gasteiger partial charge in [0.1, 0.15) is 23.0 Å². The van der Waals surface area contributed by atoms with Crippen molar-refractivity contribution in [2.75, 3.05) is 5.73 Å². The number of nitrogens with two attached hydrogens (primary N) is 1. The molecule has 112 valence electrons. The Morgan fingerprint density at radius 1 is 0.826 bits per heavy atom. The molecule has 4 aromatic rings. The largest absolute Gasteiger partial charge is 0.383 e. The molecule has 0 unspecified atom stereocenters. The van der Waals surface area contributed by atoms with Crippen LogP contribution in [0.3, 0.4) is 0 Å². The Kier molecular flexibility index (Phi) is 3.51. The molecule has 0 amide bonds. The van der Waals surface area contributed by atoms with Gasteiger partial charge in [-0.3, -0.25) is 0 Å². The number of thioether (sulfide) groups is 1. The van der Waals surface area contributed by atoms with Gasteiger partial charge >= 0.3 is 0 Å². The first-order valence-corrected chi connectivity index (χ1v) is 8.13. The number of rotatable bonds is 3. The van der Waals surface area contributed by atoms with Crippen LogP contribution in [0.25, 0.3) is 21.8 Å². The number of para-hydroxylation sites is 2. The van der Waals surface area contributed by atoms with E-state index in [1.165, 1.54) is 0 Å². The molecule has 0 fully saturated rings. The molecule has 23 heavy (non-hydrogen) atoms. The zero-order chi connectivity index (χ0) is 15.6. The van der Waals surface area contributed by atoms with Gasteiger partial charge in [-0.1, -0.05) is 42.1 Å². The Morgan fingerprint density at radius 2 is 1.57 bits per heavy atom. The van der Waals surface area contributed by atoms with Gasteiger partial charge in [-0.15, -0.1) is 0 Å². The molecule has 0 bridgehead atoms. The SMILES string of the molecule is Nc1nc(CSc2ncnc3ccccc23)nc2ccccc12. The summed E-state index contributed by atoms with van der Waals surface area (Å²) < 4.78 is 0. The minimum Gasteiger partial charge on any atom is -0.383 e. The van der Waals surface area contributed by atoms with Crippen molar-refractivity contribution in [2.45, 2.75) is 10.8 Å². The molecule has 5 nitrogen and oxygen atoms in total. The fourth-order valence-corrected chi connectivity index (χ4v) is 3.29. The number of benzene rings is 2. The zero-order valence-corrected chi connectivity index (χ0v) is 13.0. The molecule has 0 saturated carbocycles. The number of hydrogen-bond donors (Lipinski definition) is 1. The molecule has 0 aliphatic rings. The molecule has 2 aromatic carbocycles. The van der Waals surface area contributed by atoms with Crippen LogP contribution in [-0.2, 0) is 5.75 Å². The van der Waals surface area contributed by atoms with Gasteiger partial charge in [0.2, 0.25) is 0 Å². The van der Waals surface area contributed by atoms with Crippen LogP contribution in [0.1, 0.15) is 5.82 Å². The van der Waals surface area contributed by atoms with E-state index in [0.717, 1.165) is 26.8 Å². The van der Waals surface area contributed by atoms with E-state index in [-0.39, 0.29) is 0 Å². The number of nitrogen functional groups attached to an aromatic ring is 1. The summed E-state index contributed by atoms with van der Waals surface area (Å²) in [6.07, 6.45) is 1.58. The smallest absolute Gasteiger partial charge is 0.141 e. The van der Waals surface area contributed by atoms with Crippen molar-refractivity contribution in [1.82, 2.24) is 19.9 Å². The van der Waals surface area contributed by atoms with E-state index in [4.69, 9.17) is 5.73 Å². The van der Waals surface area contributed by atoms with E-state index in [2.05, 4.69) is 19.9 Å².